The van der Waals surface area contributed by atoms with Gasteiger partial charge in [0.2, 0.25) is 0 Å². The maximum atomic E-state index is 5.74. The summed E-state index contributed by atoms with van der Waals surface area (Å²) >= 11 is 0. The highest BCUT2D eigenvalue weighted by Gasteiger charge is 2.16. The molecular weight excluding hydrogens is 216 g/mol. The molecule has 1 N–H and O–H groups in total. The molecule has 1 aromatic heterocycles. The van der Waals surface area contributed by atoms with Crippen molar-refractivity contribution in [3.8, 4) is 11.6 Å². The van der Waals surface area contributed by atoms with Gasteiger partial charge in [-0.15, -0.1) is 0 Å². The molecule has 0 bridgehead atoms. The zero-order chi connectivity index (χ0) is 11.9. The summed E-state index contributed by atoms with van der Waals surface area (Å²) in [6, 6.07) is 3.78. The first-order chi connectivity index (χ1) is 8.40. The van der Waals surface area contributed by atoms with Gasteiger partial charge in [0.1, 0.15) is 0 Å². The molecule has 0 spiro atoms. The Morgan fingerprint density at radius 2 is 2.41 bits per heavy atom. The van der Waals surface area contributed by atoms with Crippen molar-refractivity contribution in [3.63, 3.8) is 0 Å². The first kappa shape index (κ1) is 12.2. The van der Waals surface area contributed by atoms with Gasteiger partial charge in [0, 0.05) is 18.7 Å². The predicted octanol–water partition coefficient (Wildman–Crippen LogP) is 1.86. The number of aromatic nitrogens is 1. The van der Waals surface area contributed by atoms with Crippen LogP contribution in [0.4, 0.5) is 0 Å². The summed E-state index contributed by atoms with van der Waals surface area (Å²) in [7, 11) is 0. The average Bonchev–Trinajstić information content (AvgIpc) is 2.88. The van der Waals surface area contributed by atoms with Crippen molar-refractivity contribution in [2.75, 3.05) is 26.3 Å². The van der Waals surface area contributed by atoms with E-state index in [1.165, 1.54) is 6.42 Å². The first-order valence-electron chi connectivity index (χ1n) is 6.31. The van der Waals surface area contributed by atoms with Crippen molar-refractivity contribution in [2.45, 2.75) is 19.8 Å². The van der Waals surface area contributed by atoms with E-state index in [1.807, 2.05) is 12.1 Å². The number of nitrogens with one attached hydrogen (secondary N) is 1. The molecule has 0 amide bonds. The van der Waals surface area contributed by atoms with Crippen molar-refractivity contribution in [1.82, 2.24) is 10.3 Å². The number of rotatable bonds is 6. The summed E-state index contributed by atoms with van der Waals surface area (Å²) in [5.41, 5.74) is 0. The normalized spacial score (nSPS) is 19.2. The van der Waals surface area contributed by atoms with E-state index in [1.54, 1.807) is 6.20 Å². The Morgan fingerprint density at radius 1 is 1.47 bits per heavy atom. The lowest BCUT2D eigenvalue weighted by Crippen LogP contribution is -2.16. The van der Waals surface area contributed by atoms with Crippen LogP contribution >= 0.6 is 0 Å². The van der Waals surface area contributed by atoms with Gasteiger partial charge in [-0.25, -0.2) is 4.98 Å². The molecular formula is C13H20N2O2. The maximum Gasteiger partial charge on any atom is 0.256 e. The van der Waals surface area contributed by atoms with E-state index in [2.05, 4.69) is 17.2 Å². The van der Waals surface area contributed by atoms with Gasteiger partial charge < -0.3 is 14.8 Å². The molecule has 4 nitrogen and oxygen atoms in total. The van der Waals surface area contributed by atoms with Crippen molar-refractivity contribution in [1.29, 1.82) is 0 Å². The Labute approximate surface area is 102 Å². The van der Waals surface area contributed by atoms with E-state index in [4.69, 9.17) is 9.47 Å². The minimum atomic E-state index is 0.594. The van der Waals surface area contributed by atoms with Gasteiger partial charge in [0.05, 0.1) is 13.2 Å². The van der Waals surface area contributed by atoms with E-state index in [0.717, 1.165) is 25.3 Å². The van der Waals surface area contributed by atoms with Crippen LogP contribution in [-0.2, 0) is 0 Å². The summed E-state index contributed by atoms with van der Waals surface area (Å²) in [6.45, 7) is 5.63. The third kappa shape index (κ3) is 3.60. The van der Waals surface area contributed by atoms with Crippen molar-refractivity contribution < 1.29 is 9.47 Å². The third-order valence-electron chi connectivity index (χ3n) is 2.82. The topological polar surface area (TPSA) is 43.4 Å². The van der Waals surface area contributed by atoms with Crippen LogP contribution in [0.5, 0.6) is 11.6 Å². The van der Waals surface area contributed by atoms with Crippen LogP contribution in [0.2, 0.25) is 0 Å². The zero-order valence-corrected chi connectivity index (χ0v) is 10.3. The smallest absolute Gasteiger partial charge is 0.256 e. The molecule has 1 aromatic rings. The Hall–Kier alpha value is -1.29. The summed E-state index contributed by atoms with van der Waals surface area (Å²) in [5.74, 6) is 1.96. The van der Waals surface area contributed by atoms with Crippen LogP contribution in [0, 0.1) is 5.92 Å². The lowest BCUT2D eigenvalue weighted by atomic mass is 10.1. The number of pyridine rings is 1. The van der Waals surface area contributed by atoms with Crippen LogP contribution < -0.4 is 14.8 Å². The van der Waals surface area contributed by atoms with Gasteiger partial charge in [-0.3, -0.25) is 0 Å². The van der Waals surface area contributed by atoms with Gasteiger partial charge in [-0.05, 0) is 31.5 Å². The highest BCUT2D eigenvalue weighted by Crippen LogP contribution is 2.24. The first-order valence-corrected chi connectivity index (χ1v) is 6.31. The van der Waals surface area contributed by atoms with Crippen LogP contribution in [0.15, 0.2) is 18.3 Å². The van der Waals surface area contributed by atoms with E-state index >= 15 is 0 Å². The average molecular weight is 236 g/mol. The van der Waals surface area contributed by atoms with Gasteiger partial charge in [0.15, 0.2) is 5.75 Å². The van der Waals surface area contributed by atoms with E-state index in [9.17, 15) is 0 Å². The summed E-state index contributed by atoms with van der Waals surface area (Å²) < 4.78 is 11.3. The molecule has 2 rings (SSSR count). The van der Waals surface area contributed by atoms with Gasteiger partial charge in [-0.2, -0.15) is 0 Å². The fraction of sp³-hybridized carbons (Fsp3) is 0.615. The zero-order valence-electron chi connectivity index (χ0n) is 10.3. The molecule has 4 heteroatoms. The van der Waals surface area contributed by atoms with Crippen molar-refractivity contribution in [2.24, 2.45) is 5.92 Å². The predicted molar refractivity (Wildman–Crippen MR) is 66.5 cm³/mol. The monoisotopic (exact) mass is 236 g/mol. The molecule has 94 valence electrons. The summed E-state index contributed by atoms with van der Waals surface area (Å²) in [6.07, 6.45) is 3.90. The second kappa shape index (κ2) is 6.45. The second-order valence-corrected chi connectivity index (χ2v) is 4.32. The Kier molecular flexibility index (Phi) is 4.62. The van der Waals surface area contributed by atoms with Crippen molar-refractivity contribution >= 4 is 0 Å². The Balaban J connectivity index is 1.89. The molecule has 1 atom stereocenters. The van der Waals surface area contributed by atoms with Crippen LogP contribution in [-0.4, -0.2) is 31.3 Å². The fourth-order valence-electron chi connectivity index (χ4n) is 1.86. The second-order valence-electron chi connectivity index (χ2n) is 4.32. The molecule has 1 fully saturated rings. The number of hydrogen-bond acceptors (Lipinski definition) is 4. The molecule has 17 heavy (non-hydrogen) atoms. The molecule has 0 saturated carbocycles. The molecule has 1 aliphatic rings. The number of hydrogen-bond donors (Lipinski definition) is 1. The lowest BCUT2D eigenvalue weighted by molar-refractivity contribution is 0.228. The SMILES string of the molecule is CCCOc1cccnc1OCC1CCNC1. The van der Waals surface area contributed by atoms with E-state index < -0.39 is 0 Å². The molecule has 0 radical (unpaired) electrons. The molecule has 2 heterocycles. The van der Waals surface area contributed by atoms with Gasteiger partial charge in [-0.1, -0.05) is 6.92 Å². The largest absolute Gasteiger partial charge is 0.488 e. The minimum absolute atomic E-state index is 0.594. The van der Waals surface area contributed by atoms with Crippen LogP contribution in [0.3, 0.4) is 0 Å². The van der Waals surface area contributed by atoms with Crippen molar-refractivity contribution in [3.05, 3.63) is 18.3 Å². The van der Waals surface area contributed by atoms with Gasteiger partial charge in [0.25, 0.3) is 5.88 Å². The van der Waals surface area contributed by atoms with Gasteiger partial charge >= 0.3 is 0 Å². The fourth-order valence-corrected chi connectivity index (χ4v) is 1.86. The Morgan fingerprint density at radius 3 is 3.18 bits per heavy atom. The molecule has 0 aliphatic carbocycles. The summed E-state index contributed by atoms with van der Waals surface area (Å²) in [4.78, 5) is 4.22. The molecule has 1 aliphatic heterocycles. The quantitative estimate of drug-likeness (QED) is 0.818. The summed E-state index contributed by atoms with van der Waals surface area (Å²) in [5, 5.41) is 3.33. The molecule has 0 aromatic carbocycles. The highest BCUT2D eigenvalue weighted by molar-refractivity contribution is 5.32. The maximum absolute atomic E-state index is 5.74. The number of ether oxygens (including phenoxy) is 2. The van der Waals surface area contributed by atoms with E-state index in [0.29, 0.717) is 25.0 Å². The number of nitrogens with zero attached hydrogens (tertiary/aromatic N) is 1. The lowest BCUT2D eigenvalue weighted by Gasteiger charge is -2.13. The highest BCUT2D eigenvalue weighted by atomic mass is 16.5. The standard InChI is InChI=1S/C13H20N2O2/c1-2-8-16-12-4-3-6-15-13(12)17-10-11-5-7-14-9-11/h3-4,6,11,14H,2,5,7-10H2,1H3. The molecule has 1 saturated heterocycles. The molecule has 1 unspecified atom stereocenters. The van der Waals surface area contributed by atoms with Crippen LogP contribution in [0.25, 0.3) is 0 Å². The third-order valence-corrected chi connectivity index (χ3v) is 2.82. The Bertz CT molecular complexity index is 338. The minimum Gasteiger partial charge on any atom is -0.488 e. The van der Waals surface area contributed by atoms with Crippen LogP contribution in [0.1, 0.15) is 19.8 Å². The van der Waals surface area contributed by atoms with E-state index in [-0.39, 0.29) is 0 Å².